The molecule has 0 radical (unpaired) electrons. The van der Waals surface area contributed by atoms with E-state index in [2.05, 4.69) is 22.8 Å². The van der Waals surface area contributed by atoms with Crippen molar-refractivity contribution in [3.8, 4) is 0 Å². The third-order valence-corrected chi connectivity index (χ3v) is 4.11. The maximum absolute atomic E-state index is 11.8. The van der Waals surface area contributed by atoms with Gasteiger partial charge in [-0.25, -0.2) is 4.79 Å². The van der Waals surface area contributed by atoms with Gasteiger partial charge in [-0.15, -0.1) is 0 Å². The van der Waals surface area contributed by atoms with Crippen LogP contribution in [-0.2, 0) is 16.7 Å². The summed E-state index contributed by atoms with van der Waals surface area (Å²) in [7, 11) is 0. The highest BCUT2D eigenvalue weighted by Gasteiger charge is 2.43. The number of carbonyl (C=O) groups excluding carboxylic acids is 1. The van der Waals surface area contributed by atoms with E-state index < -0.39 is 11.7 Å². The molecule has 1 aromatic carbocycles. The Labute approximate surface area is 119 Å². The fourth-order valence-corrected chi connectivity index (χ4v) is 3.09. The number of hydrogen-bond acceptors (Lipinski definition) is 3. The van der Waals surface area contributed by atoms with Crippen LogP contribution in [0.2, 0.25) is 0 Å². The highest BCUT2D eigenvalue weighted by Crippen LogP contribution is 2.44. The Morgan fingerprint density at radius 1 is 1.35 bits per heavy atom. The van der Waals surface area contributed by atoms with Gasteiger partial charge in [-0.05, 0) is 69.8 Å². The van der Waals surface area contributed by atoms with Crippen LogP contribution in [-0.4, -0.2) is 18.2 Å². The fraction of sp³-hybridized carbons (Fsp3) is 0.562. The Bertz CT molecular complexity index is 542. The lowest BCUT2D eigenvalue weighted by Gasteiger charge is -2.41. The van der Waals surface area contributed by atoms with Gasteiger partial charge in [0.1, 0.15) is 5.60 Å². The molecule has 3 rings (SSSR count). The number of aryl methyl sites for hydroxylation is 1. The summed E-state index contributed by atoms with van der Waals surface area (Å²) < 4.78 is 5.29. The van der Waals surface area contributed by atoms with Crippen LogP contribution in [0.4, 0.5) is 10.5 Å². The van der Waals surface area contributed by atoms with Crippen molar-refractivity contribution in [1.29, 1.82) is 0 Å². The second-order valence-corrected chi connectivity index (χ2v) is 6.76. The molecule has 1 amide bonds. The predicted molar refractivity (Wildman–Crippen MR) is 78.9 cm³/mol. The smallest absolute Gasteiger partial charge is 0.412 e. The molecule has 1 atom stereocenters. The van der Waals surface area contributed by atoms with Crippen molar-refractivity contribution in [2.75, 3.05) is 11.9 Å². The van der Waals surface area contributed by atoms with Gasteiger partial charge in [-0.2, -0.15) is 0 Å². The van der Waals surface area contributed by atoms with Crippen molar-refractivity contribution in [3.05, 3.63) is 29.3 Å². The molecule has 4 nitrogen and oxygen atoms in total. The Hall–Kier alpha value is -1.55. The summed E-state index contributed by atoms with van der Waals surface area (Å²) in [5, 5.41) is 6.38. The molecular formula is C16H22N2O2. The van der Waals surface area contributed by atoms with Crippen LogP contribution in [0.15, 0.2) is 18.2 Å². The minimum Gasteiger partial charge on any atom is -0.444 e. The van der Waals surface area contributed by atoms with E-state index in [4.69, 9.17) is 4.74 Å². The summed E-state index contributed by atoms with van der Waals surface area (Å²) in [5.74, 6) is 0. The predicted octanol–water partition coefficient (Wildman–Crippen LogP) is 3.17. The summed E-state index contributed by atoms with van der Waals surface area (Å²) in [6, 6.07) is 6.18. The van der Waals surface area contributed by atoms with E-state index in [0.29, 0.717) is 0 Å². The lowest BCUT2D eigenvalue weighted by molar-refractivity contribution is 0.0636. The van der Waals surface area contributed by atoms with Gasteiger partial charge in [0.2, 0.25) is 0 Å². The first-order valence-electron chi connectivity index (χ1n) is 7.26. The molecular weight excluding hydrogens is 252 g/mol. The quantitative estimate of drug-likeness (QED) is 0.827. The van der Waals surface area contributed by atoms with Gasteiger partial charge < -0.3 is 10.1 Å². The number of benzene rings is 1. The van der Waals surface area contributed by atoms with Crippen molar-refractivity contribution in [3.63, 3.8) is 0 Å². The van der Waals surface area contributed by atoms with Gasteiger partial charge in [0.15, 0.2) is 0 Å². The van der Waals surface area contributed by atoms with Gasteiger partial charge in [-0.3, -0.25) is 5.32 Å². The average molecular weight is 274 g/mol. The van der Waals surface area contributed by atoms with E-state index in [1.165, 1.54) is 17.5 Å². The van der Waals surface area contributed by atoms with E-state index in [-0.39, 0.29) is 5.54 Å². The van der Waals surface area contributed by atoms with Crippen LogP contribution in [0, 0.1) is 0 Å². The van der Waals surface area contributed by atoms with E-state index in [0.717, 1.165) is 25.1 Å². The molecule has 0 unspecified atom stereocenters. The van der Waals surface area contributed by atoms with Crippen molar-refractivity contribution in [2.45, 2.75) is 51.2 Å². The molecule has 108 valence electrons. The molecule has 2 N–H and O–H groups in total. The third kappa shape index (κ3) is 2.40. The minimum absolute atomic E-state index is 0.168. The van der Waals surface area contributed by atoms with Crippen LogP contribution < -0.4 is 10.6 Å². The van der Waals surface area contributed by atoms with Crippen LogP contribution in [0.5, 0.6) is 0 Å². The summed E-state index contributed by atoms with van der Waals surface area (Å²) in [6.07, 6.45) is 3.08. The number of anilines is 1. The van der Waals surface area contributed by atoms with Crippen molar-refractivity contribution in [2.24, 2.45) is 0 Å². The van der Waals surface area contributed by atoms with Gasteiger partial charge >= 0.3 is 6.09 Å². The Kier molecular flexibility index (Phi) is 3.01. The summed E-state index contributed by atoms with van der Waals surface area (Å²) in [4.78, 5) is 11.8. The monoisotopic (exact) mass is 274 g/mol. The number of rotatable bonds is 1. The molecule has 4 heteroatoms. The van der Waals surface area contributed by atoms with E-state index in [1.54, 1.807) is 0 Å². The van der Waals surface area contributed by atoms with Gasteiger partial charge in [0.25, 0.3) is 0 Å². The normalized spacial score (nSPS) is 24.1. The zero-order valence-corrected chi connectivity index (χ0v) is 12.4. The van der Waals surface area contributed by atoms with Crippen molar-refractivity contribution in [1.82, 2.24) is 5.32 Å². The molecule has 1 heterocycles. The lowest BCUT2D eigenvalue weighted by atomic mass is 9.82. The first-order chi connectivity index (χ1) is 9.38. The number of nitrogens with one attached hydrogen (secondary N) is 2. The molecule has 0 bridgehead atoms. The first-order valence-corrected chi connectivity index (χ1v) is 7.26. The number of fused-ring (bicyclic) bond motifs is 2. The highest BCUT2D eigenvalue weighted by atomic mass is 16.6. The maximum Gasteiger partial charge on any atom is 0.412 e. The third-order valence-electron chi connectivity index (χ3n) is 4.11. The SMILES string of the molecule is CC(C)(C)OC(=O)Nc1ccc2c(c1)[C@@]1(CCN1)CC2. The standard InChI is InChI=1S/C16H22N2O2/c1-15(2,3)20-14(19)18-12-5-4-11-6-7-16(8-9-17-16)13(11)10-12/h4-5,10,17H,6-9H2,1-3H3,(H,18,19)/t16-/m0/s1. The molecule has 1 aromatic rings. The Morgan fingerprint density at radius 3 is 2.70 bits per heavy atom. The lowest BCUT2D eigenvalue weighted by Crippen LogP contribution is -2.52. The molecule has 1 saturated heterocycles. The number of ether oxygens (including phenoxy) is 1. The zero-order valence-electron chi connectivity index (χ0n) is 12.4. The van der Waals surface area contributed by atoms with Crippen molar-refractivity contribution < 1.29 is 9.53 Å². The number of carbonyl (C=O) groups is 1. The first kappa shape index (κ1) is 13.4. The van der Waals surface area contributed by atoms with E-state index in [1.807, 2.05) is 26.8 Å². The van der Waals surface area contributed by atoms with Crippen LogP contribution in [0.25, 0.3) is 0 Å². The fourth-order valence-electron chi connectivity index (χ4n) is 3.09. The molecule has 1 aliphatic heterocycles. The maximum atomic E-state index is 11.8. The van der Waals surface area contributed by atoms with Gasteiger partial charge in [0, 0.05) is 11.2 Å². The number of amides is 1. The minimum atomic E-state index is -0.475. The second kappa shape index (κ2) is 4.48. The topological polar surface area (TPSA) is 50.4 Å². The van der Waals surface area contributed by atoms with E-state index in [9.17, 15) is 4.79 Å². The van der Waals surface area contributed by atoms with Crippen molar-refractivity contribution >= 4 is 11.8 Å². The molecule has 1 aliphatic carbocycles. The summed E-state index contributed by atoms with van der Waals surface area (Å²) in [6.45, 7) is 6.68. The number of hydrogen-bond donors (Lipinski definition) is 2. The molecule has 0 saturated carbocycles. The van der Waals surface area contributed by atoms with Crippen LogP contribution in [0.1, 0.15) is 44.7 Å². The Balaban J connectivity index is 1.76. The van der Waals surface area contributed by atoms with E-state index >= 15 is 0 Å². The Morgan fingerprint density at radius 2 is 2.10 bits per heavy atom. The zero-order chi connectivity index (χ0) is 14.4. The summed E-state index contributed by atoms with van der Waals surface area (Å²) in [5.41, 5.74) is 3.25. The highest BCUT2D eigenvalue weighted by molar-refractivity contribution is 5.85. The van der Waals surface area contributed by atoms with Gasteiger partial charge in [-0.1, -0.05) is 6.07 Å². The van der Waals surface area contributed by atoms with Gasteiger partial charge in [0.05, 0.1) is 0 Å². The molecule has 20 heavy (non-hydrogen) atoms. The van der Waals surface area contributed by atoms with Crippen LogP contribution in [0.3, 0.4) is 0 Å². The average Bonchev–Trinajstić information content (AvgIpc) is 2.64. The molecule has 2 aliphatic rings. The summed E-state index contributed by atoms with van der Waals surface area (Å²) >= 11 is 0. The second-order valence-electron chi connectivity index (χ2n) is 6.76. The largest absolute Gasteiger partial charge is 0.444 e. The molecule has 0 aromatic heterocycles. The molecule has 1 spiro atoms. The van der Waals surface area contributed by atoms with Crippen LogP contribution >= 0.6 is 0 Å². The molecule has 1 fully saturated rings.